The second kappa shape index (κ2) is 7.70. The summed E-state index contributed by atoms with van der Waals surface area (Å²) in [6.45, 7) is 0. The van der Waals surface area contributed by atoms with Gasteiger partial charge in [-0.25, -0.2) is 4.79 Å². The van der Waals surface area contributed by atoms with E-state index in [1.165, 1.54) is 0 Å². The number of rotatable bonds is 6. The molecule has 0 heterocycles. The van der Waals surface area contributed by atoms with Crippen LogP contribution in [0.25, 0.3) is 0 Å². The van der Waals surface area contributed by atoms with E-state index < -0.39 is 43.9 Å². The van der Waals surface area contributed by atoms with Crippen LogP contribution in [0.1, 0.15) is 6.42 Å². The molecule has 0 spiro atoms. The van der Waals surface area contributed by atoms with Gasteiger partial charge in [0.25, 0.3) is 5.66 Å². The summed E-state index contributed by atoms with van der Waals surface area (Å²) in [6.07, 6.45) is -1.02. The topological polar surface area (TPSA) is 149 Å². The molecule has 0 aromatic heterocycles. The van der Waals surface area contributed by atoms with E-state index in [1.807, 2.05) is 0 Å². The summed E-state index contributed by atoms with van der Waals surface area (Å²) >= 11 is 0. The third kappa shape index (κ3) is 5.53. The Bertz CT molecular complexity index is 302. The molecule has 0 rings (SSSR count). The zero-order valence-corrected chi connectivity index (χ0v) is 11.1. The Morgan fingerprint density at radius 2 is 1.50 bits per heavy atom. The first kappa shape index (κ1) is 17.9. The molecule has 3 atom stereocenters. The van der Waals surface area contributed by atoms with E-state index in [0.29, 0.717) is 0 Å². The number of carbonyl (C=O) groups is 3. The maximum absolute atomic E-state index is 10.6. The van der Waals surface area contributed by atoms with Crippen molar-refractivity contribution in [3.63, 3.8) is 0 Å². The van der Waals surface area contributed by atoms with Crippen LogP contribution in [0, 0.1) is 5.92 Å². The standard InChI is InChI=1S/C6H7O8P.Na/c7-3(8)1-2(5(9)10)4(6(11)12)15(13)14;/h2,4H,1H2,(H3-,7,8,9,10,11,12,13,14);/q;+1/p+1. The summed E-state index contributed by atoms with van der Waals surface area (Å²) in [6, 6.07) is 0. The Kier molecular flexibility index (Phi) is 8.59. The number of hydrogen-bond donors (Lipinski definition) is 4. The van der Waals surface area contributed by atoms with Crippen LogP contribution in [0.5, 0.6) is 0 Å². The Hall–Kier alpha value is -0.530. The Labute approximate surface area is 112 Å². The average Bonchev–Trinajstić information content (AvgIpc) is 2.00. The number of carboxylic acids is 3. The first-order chi connectivity index (χ1) is 6.77. The molecule has 16 heavy (non-hydrogen) atoms. The smallest absolute Gasteiger partial charge is 0.481 e. The molecule has 0 fully saturated rings. The van der Waals surface area contributed by atoms with Gasteiger partial charge in [0.15, 0.2) is 0 Å². The van der Waals surface area contributed by atoms with Crippen molar-refractivity contribution < 1.29 is 68.7 Å². The van der Waals surface area contributed by atoms with Crippen LogP contribution in [0.4, 0.5) is 0 Å². The van der Waals surface area contributed by atoms with Crippen molar-refractivity contribution in [3.8, 4) is 0 Å². The van der Waals surface area contributed by atoms with Gasteiger partial charge in [-0.2, -0.15) is 4.89 Å². The van der Waals surface area contributed by atoms with Crippen LogP contribution < -0.4 is 29.6 Å². The SMILES string of the molecule is O=C(O)CC(C(=O)O)C(C(=O)O)[P+](=O)O.[Na+]. The maximum atomic E-state index is 10.6. The van der Waals surface area contributed by atoms with Crippen molar-refractivity contribution in [2.75, 3.05) is 0 Å². The Balaban J connectivity index is 0. The fourth-order valence-corrected chi connectivity index (χ4v) is 1.67. The molecule has 0 radical (unpaired) electrons. The molecule has 0 aromatic carbocycles. The molecule has 8 nitrogen and oxygen atoms in total. The van der Waals surface area contributed by atoms with Gasteiger partial charge in [0.2, 0.25) is 0 Å². The molecule has 0 saturated carbocycles. The van der Waals surface area contributed by atoms with Crippen molar-refractivity contribution in [1.29, 1.82) is 0 Å². The van der Waals surface area contributed by atoms with Crippen LogP contribution in [0.15, 0.2) is 0 Å². The van der Waals surface area contributed by atoms with Crippen molar-refractivity contribution in [1.82, 2.24) is 0 Å². The molecule has 3 unspecified atom stereocenters. The number of carboxylic acid groups (broad SMARTS) is 3. The van der Waals surface area contributed by atoms with E-state index in [9.17, 15) is 18.9 Å². The summed E-state index contributed by atoms with van der Waals surface area (Å²) in [4.78, 5) is 39.8. The zero-order chi connectivity index (χ0) is 12.2. The third-order valence-corrected chi connectivity index (χ3v) is 2.64. The van der Waals surface area contributed by atoms with E-state index in [4.69, 9.17) is 20.2 Å². The molecule has 0 aliphatic carbocycles. The molecule has 4 N–H and O–H groups in total. The fraction of sp³-hybridized carbons (Fsp3) is 0.500. The molecule has 0 amide bonds. The second-order valence-electron chi connectivity index (χ2n) is 2.63. The van der Waals surface area contributed by atoms with Crippen LogP contribution in [-0.2, 0) is 18.9 Å². The second-order valence-corrected chi connectivity index (χ2v) is 3.79. The number of aliphatic carboxylic acids is 3. The number of hydrogen-bond acceptors (Lipinski definition) is 4. The van der Waals surface area contributed by atoms with E-state index in [-0.39, 0.29) is 29.6 Å². The maximum Gasteiger partial charge on any atom is 1.00 e. The van der Waals surface area contributed by atoms with Crippen molar-refractivity contribution in [2.24, 2.45) is 5.92 Å². The third-order valence-electron chi connectivity index (χ3n) is 1.58. The summed E-state index contributed by atoms with van der Waals surface area (Å²) < 4.78 is 10.6. The summed E-state index contributed by atoms with van der Waals surface area (Å²) in [5, 5.41) is 25.3. The average molecular weight is 262 g/mol. The molecule has 10 heteroatoms. The predicted molar refractivity (Wildman–Crippen MR) is 44.6 cm³/mol. The molecule has 0 bridgehead atoms. The van der Waals surface area contributed by atoms with Crippen molar-refractivity contribution in [3.05, 3.63) is 0 Å². The molecule has 0 aliphatic rings. The van der Waals surface area contributed by atoms with Crippen molar-refractivity contribution in [2.45, 2.75) is 12.1 Å². The molecular formula is C6H8NaO8P+2. The first-order valence-corrected chi connectivity index (χ1v) is 4.88. The van der Waals surface area contributed by atoms with Gasteiger partial charge in [-0.3, -0.25) is 9.59 Å². The minimum absolute atomic E-state index is 0. The first-order valence-electron chi connectivity index (χ1n) is 3.60. The van der Waals surface area contributed by atoms with Gasteiger partial charge in [0, 0.05) is 0 Å². The van der Waals surface area contributed by atoms with Gasteiger partial charge in [0.05, 0.1) is 6.42 Å². The van der Waals surface area contributed by atoms with Gasteiger partial charge < -0.3 is 15.3 Å². The molecule has 0 aromatic rings. The zero-order valence-electron chi connectivity index (χ0n) is 8.23. The summed E-state index contributed by atoms with van der Waals surface area (Å²) in [7, 11) is -3.30. The van der Waals surface area contributed by atoms with Crippen LogP contribution in [0.2, 0.25) is 0 Å². The summed E-state index contributed by atoms with van der Waals surface area (Å²) in [5.74, 6) is -7.02. The molecule has 84 valence electrons. The minimum Gasteiger partial charge on any atom is -0.481 e. The fourth-order valence-electron chi connectivity index (χ4n) is 0.943. The van der Waals surface area contributed by atoms with Crippen LogP contribution in [0.3, 0.4) is 0 Å². The summed E-state index contributed by atoms with van der Waals surface area (Å²) in [5.41, 5.74) is -2.12. The van der Waals surface area contributed by atoms with E-state index >= 15 is 0 Å². The van der Waals surface area contributed by atoms with Crippen LogP contribution >= 0.6 is 8.03 Å². The van der Waals surface area contributed by atoms with Gasteiger partial charge in [-0.05, 0) is 4.57 Å². The molecule has 0 aliphatic heterocycles. The van der Waals surface area contributed by atoms with Gasteiger partial charge >= 0.3 is 55.5 Å². The van der Waals surface area contributed by atoms with E-state index in [1.54, 1.807) is 0 Å². The monoisotopic (exact) mass is 262 g/mol. The van der Waals surface area contributed by atoms with Gasteiger partial charge in [0.1, 0.15) is 5.92 Å². The van der Waals surface area contributed by atoms with Gasteiger partial charge in [-0.15, -0.1) is 0 Å². The molecule has 0 saturated heterocycles. The Morgan fingerprint density at radius 1 is 1.06 bits per heavy atom. The Morgan fingerprint density at radius 3 is 1.69 bits per heavy atom. The minimum atomic E-state index is -3.30. The molecular weight excluding hydrogens is 254 g/mol. The predicted octanol–water partition coefficient (Wildman–Crippen LogP) is -3.65. The largest absolute Gasteiger partial charge is 1.00 e. The van der Waals surface area contributed by atoms with Crippen molar-refractivity contribution >= 4 is 25.9 Å². The van der Waals surface area contributed by atoms with E-state index in [2.05, 4.69) is 0 Å². The quantitative estimate of drug-likeness (QED) is 0.283. The van der Waals surface area contributed by atoms with E-state index in [0.717, 1.165) is 0 Å². The van der Waals surface area contributed by atoms with Gasteiger partial charge in [-0.1, -0.05) is 0 Å². The normalized spacial score (nSPS) is 14.2. The van der Waals surface area contributed by atoms with Crippen LogP contribution in [-0.4, -0.2) is 43.8 Å².